The number of esters is 1. The highest BCUT2D eigenvalue weighted by molar-refractivity contribution is 5.92. The number of hydroxylamine groups is 1. The molecule has 0 aliphatic heterocycles. The van der Waals surface area contributed by atoms with Crippen LogP contribution in [-0.2, 0) is 40.0 Å². The molecule has 12 nitrogen and oxygen atoms in total. The molecule has 43 heavy (non-hydrogen) atoms. The molecule has 1 unspecified atom stereocenters. The molecule has 238 valence electrons. The van der Waals surface area contributed by atoms with Crippen molar-refractivity contribution in [2.75, 3.05) is 26.4 Å². The number of hydrogen-bond acceptors (Lipinski definition) is 8. The lowest BCUT2D eigenvalue weighted by Crippen LogP contribution is -2.55. The summed E-state index contributed by atoms with van der Waals surface area (Å²) in [4.78, 5) is 58.2. The number of nitrogens with zero attached hydrogens (tertiary/aromatic N) is 1. The molecule has 4 amide bonds. The number of carbonyl (C=O) groups excluding carboxylic acids is 4. The Bertz CT molecular complexity index is 1200. The van der Waals surface area contributed by atoms with Gasteiger partial charge in [-0.15, -0.1) is 0 Å². The standard InChI is InChI=1S/C31H46N4O8/c1-8-32-30(39)34-42-20-26(36)33-25(18-27(37)43-31(5,6)7)28(38)35(21(4)29(40-9-2)41-10-3)19-23-16-13-15-22-14-11-12-17-24(22)23/h11-17,21,25,29H,8-10,18-20H2,1-7H3,(H,33,36)(H2,32,34,39)/t21-,25?/m0/s1. The van der Waals surface area contributed by atoms with E-state index in [-0.39, 0.29) is 6.54 Å². The highest BCUT2D eigenvalue weighted by atomic mass is 16.7. The van der Waals surface area contributed by atoms with Gasteiger partial charge in [-0.3, -0.25) is 19.2 Å². The van der Waals surface area contributed by atoms with E-state index in [1.165, 1.54) is 0 Å². The minimum absolute atomic E-state index is 0.147. The van der Waals surface area contributed by atoms with Gasteiger partial charge in [0.05, 0.1) is 12.5 Å². The number of benzene rings is 2. The largest absolute Gasteiger partial charge is 0.460 e. The van der Waals surface area contributed by atoms with E-state index in [0.717, 1.165) is 16.3 Å². The average molecular weight is 603 g/mol. The molecule has 0 spiro atoms. The first-order valence-electron chi connectivity index (χ1n) is 14.6. The monoisotopic (exact) mass is 602 g/mol. The van der Waals surface area contributed by atoms with Crippen molar-refractivity contribution in [1.29, 1.82) is 0 Å². The molecular weight excluding hydrogens is 556 g/mol. The lowest BCUT2D eigenvalue weighted by molar-refractivity contribution is -0.180. The molecule has 2 atom stereocenters. The highest BCUT2D eigenvalue weighted by Gasteiger charge is 2.36. The Hall–Kier alpha value is -3.74. The summed E-state index contributed by atoms with van der Waals surface area (Å²) in [6, 6.07) is 11.1. The summed E-state index contributed by atoms with van der Waals surface area (Å²) in [7, 11) is 0. The third-order valence-electron chi connectivity index (χ3n) is 6.18. The van der Waals surface area contributed by atoms with Crippen molar-refractivity contribution in [3.8, 4) is 0 Å². The predicted molar refractivity (Wildman–Crippen MR) is 162 cm³/mol. The normalized spacial score (nSPS) is 12.8. The molecule has 3 N–H and O–H groups in total. The van der Waals surface area contributed by atoms with Gasteiger partial charge in [0.25, 0.3) is 0 Å². The molecule has 0 saturated heterocycles. The molecule has 0 radical (unpaired) electrons. The van der Waals surface area contributed by atoms with Crippen molar-refractivity contribution >= 4 is 34.6 Å². The van der Waals surface area contributed by atoms with E-state index >= 15 is 0 Å². The first kappa shape index (κ1) is 35.5. The lowest BCUT2D eigenvalue weighted by Gasteiger charge is -2.36. The van der Waals surface area contributed by atoms with Crippen LogP contribution in [-0.4, -0.2) is 79.1 Å². The Morgan fingerprint density at radius 1 is 0.930 bits per heavy atom. The van der Waals surface area contributed by atoms with Crippen LogP contribution in [0.25, 0.3) is 10.8 Å². The SMILES string of the molecule is CCNC(=O)NOCC(=O)NC(CC(=O)OC(C)(C)C)C(=O)N(Cc1cccc2ccccc12)[C@@H](C)C(OCC)OCC. The zero-order valence-corrected chi connectivity index (χ0v) is 26.2. The average Bonchev–Trinajstić information content (AvgIpc) is 2.94. The topological polar surface area (TPSA) is 145 Å². The number of amides is 4. The Morgan fingerprint density at radius 2 is 1.58 bits per heavy atom. The second kappa shape index (κ2) is 17.4. The van der Waals surface area contributed by atoms with Crippen molar-refractivity contribution in [1.82, 2.24) is 21.0 Å². The Morgan fingerprint density at radius 3 is 2.21 bits per heavy atom. The molecule has 2 rings (SSSR count). The van der Waals surface area contributed by atoms with Gasteiger partial charge in [0.2, 0.25) is 11.8 Å². The van der Waals surface area contributed by atoms with Crippen LogP contribution in [0.3, 0.4) is 0 Å². The van der Waals surface area contributed by atoms with Crippen molar-refractivity contribution in [3.63, 3.8) is 0 Å². The molecule has 2 aromatic carbocycles. The number of rotatable bonds is 16. The van der Waals surface area contributed by atoms with Crippen molar-refractivity contribution < 1.29 is 38.2 Å². The summed E-state index contributed by atoms with van der Waals surface area (Å²) in [5.74, 6) is -1.93. The van der Waals surface area contributed by atoms with Crippen LogP contribution in [0.2, 0.25) is 0 Å². The molecular formula is C31H46N4O8. The molecule has 0 bridgehead atoms. The van der Waals surface area contributed by atoms with E-state index < -0.39 is 60.8 Å². The van der Waals surface area contributed by atoms with Crippen molar-refractivity contribution in [2.45, 2.75) is 85.4 Å². The summed E-state index contributed by atoms with van der Waals surface area (Å²) in [6.07, 6.45) is -1.20. The van der Waals surface area contributed by atoms with E-state index in [1.54, 1.807) is 39.5 Å². The van der Waals surface area contributed by atoms with Gasteiger partial charge >= 0.3 is 12.0 Å². The molecule has 0 aliphatic carbocycles. The molecule has 0 saturated carbocycles. The minimum Gasteiger partial charge on any atom is -0.460 e. The predicted octanol–water partition coefficient (Wildman–Crippen LogP) is 3.42. The number of hydrogen-bond donors (Lipinski definition) is 3. The van der Waals surface area contributed by atoms with Gasteiger partial charge in [0.1, 0.15) is 11.6 Å². The third-order valence-corrected chi connectivity index (χ3v) is 6.18. The van der Waals surface area contributed by atoms with Crippen LogP contribution >= 0.6 is 0 Å². The summed E-state index contributed by atoms with van der Waals surface area (Å²) in [6.45, 7) is 12.9. The number of fused-ring (bicyclic) bond motifs is 1. The molecule has 0 heterocycles. The fraction of sp³-hybridized carbons (Fsp3) is 0.548. The fourth-order valence-electron chi connectivity index (χ4n) is 4.39. The van der Waals surface area contributed by atoms with Gasteiger partial charge < -0.3 is 29.7 Å². The Balaban J connectivity index is 2.44. The van der Waals surface area contributed by atoms with Crippen LogP contribution in [0, 0.1) is 0 Å². The van der Waals surface area contributed by atoms with E-state index in [2.05, 4.69) is 16.1 Å². The summed E-state index contributed by atoms with van der Waals surface area (Å²) >= 11 is 0. The number of ether oxygens (including phenoxy) is 3. The Kier molecular flexibility index (Phi) is 14.3. The van der Waals surface area contributed by atoms with Crippen molar-refractivity contribution in [2.24, 2.45) is 0 Å². The van der Waals surface area contributed by atoms with Gasteiger partial charge in [-0.05, 0) is 64.8 Å². The smallest absolute Gasteiger partial charge is 0.338 e. The summed E-state index contributed by atoms with van der Waals surface area (Å²) in [5.41, 5.74) is 2.15. The molecule has 0 aliphatic rings. The number of carbonyl (C=O) groups is 4. The molecule has 2 aromatic rings. The minimum atomic E-state index is -1.31. The lowest BCUT2D eigenvalue weighted by atomic mass is 10.0. The van der Waals surface area contributed by atoms with E-state index in [4.69, 9.17) is 19.0 Å². The second-order valence-corrected chi connectivity index (χ2v) is 10.8. The van der Waals surface area contributed by atoms with E-state index in [0.29, 0.717) is 19.8 Å². The second-order valence-electron chi connectivity index (χ2n) is 10.8. The third kappa shape index (κ3) is 11.8. The quantitative estimate of drug-likeness (QED) is 0.151. The molecule has 0 aromatic heterocycles. The van der Waals surface area contributed by atoms with Crippen molar-refractivity contribution in [3.05, 3.63) is 48.0 Å². The van der Waals surface area contributed by atoms with Gasteiger partial charge in [-0.25, -0.2) is 10.3 Å². The van der Waals surface area contributed by atoms with Crippen LogP contribution in [0.4, 0.5) is 4.79 Å². The first-order valence-corrected chi connectivity index (χ1v) is 14.6. The first-order chi connectivity index (χ1) is 20.4. The zero-order chi connectivity index (χ0) is 32.0. The molecule has 0 fully saturated rings. The van der Waals surface area contributed by atoms with E-state index in [1.807, 2.05) is 56.3 Å². The van der Waals surface area contributed by atoms with Gasteiger partial charge in [-0.2, -0.15) is 0 Å². The van der Waals surface area contributed by atoms with Crippen LogP contribution in [0.15, 0.2) is 42.5 Å². The summed E-state index contributed by atoms with van der Waals surface area (Å²) < 4.78 is 17.2. The zero-order valence-electron chi connectivity index (χ0n) is 26.2. The summed E-state index contributed by atoms with van der Waals surface area (Å²) in [5, 5.41) is 7.02. The number of nitrogens with one attached hydrogen (secondary N) is 3. The molecule has 12 heteroatoms. The maximum atomic E-state index is 14.3. The van der Waals surface area contributed by atoms with Gasteiger partial charge in [0, 0.05) is 26.3 Å². The maximum absolute atomic E-state index is 14.3. The Labute approximate surface area is 253 Å². The van der Waals surface area contributed by atoms with Crippen LogP contribution < -0.4 is 16.1 Å². The van der Waals surface area contributed by atoms with Crippen LogP contribution in [0.1, 0.15) is 60.5 Å². The van der Waals surface area contributed by atoms with E-state index in [9.17, 15) is 19.2 Å². The highest BCUT2D eigenvalue weighted by Crippen LogP contribution is 2.23. The van der Waals surface area contributed by atoms with Gasteiger partial charge in [-0.1, -0.05) is 42.5 Å². The number of urea groups is 1. The van der Waals surface area contributed by atoms with Gasteiger partial charge in [0.15, 0.2) is 12.9 Å². The fourth-order valence-corrected chi connectivity index (χ4v) is 4.39. The van der Waals surface area contributed by atoms with Crippen LogP contribution in [0.5, 0.6) is 0 Å². The maximum Gasteiger partial charge on any atom is 0.338 e.